The predicted molar refractivity (Wildman–Crippen MR) is 82.7 cm³/mol. The van der Waals surface area contributed by atoms with Crippen LogP contribution in [0.5, 0.6) is 0 Å². The number of carbonyl (C=O) groups is 2. The van der Waals surface area contributed by atoms with Gasteiger partial charge in [-0.25, -0.2) is 0 Å². The van der Waals surface area contributed by atoms with Crippen molar-refractivity contribution in [3.63, 3.8) is 0 Å². The van der Waals surface area contributed by atoms with Crippen LogP contribution in [0, 0.1) is 22.0 Å². The van der Waals surface area contributed by atoms with Gasteiger partial charge in [0.25, 0.3) is 0 Å². The van der Waals surface area contributed by atoms with Gasteiger partial charge in [-0.15, -0.1) is 6.58 Å². The van der Waals surface area contributed by atoms with E-state index in [4.69, 9.17) is 0 Å². The van der Waals surface area contributed by atoms with Crippen LogP contribution in [0.4, 0.5) is 0 Å². The van der Waals surface area contributed by atoms with Crippen molar-refractivity contribution in [1.82, 2.24) is 10.6 Å². The molecule has 0 spiro atoms. The second kappa shape index (κ2) is 6.46. The van der Waals surface area contributed by atoms with Crippen LogP contribution in [0.2, 0.25) is 0 Å². The van der Waals surface area contributed by atoms with Crippen molar-refractivity contribution in [1.29, 1.82) is 0 Å². The van der Waals surface area contributed by atoms with E-state index in [1.54, 1.807) is 6.08 Å². The first kappa shape index (κ1) is 18.1. The molecule has 1 aliphatic rings. The summed E-state index contributed by atoms with van der Waals surface area (Å²) in [5.41, 5.74) is -1.56. The fourth-order valence-electron chi connectivity index (χ4n) is 3.06. The average Bonchev–Trinajstić information content (AvgIpc) is 2.64. The summed E-state index contributed by atoms with van der Waals surface area (Å²) in [6, 6.07) is 0. The highest BCUT2D eigenvalue weighted by atomic mass is 16.6. The van der Waals surface area contributed by atoms with Crippen LogP contribution in [0.1, 0.15) is 40.5 Å². The normalized spacial score (nSPS) is 28.0. The first-order valence-electron chi connectivity index (χ1n) is 7.35. The number of amides is 2. The van der Waals surface area contributed by atoms with Crippen LogP contribution in [0.3, 0.4) is 0 Å². The van der Waals surface area contributed by atoms with Gasteiger partial charge < -0.3 is 10.6 Å². The number of hydrogen-bond acceptors (Lipinski definition) is 4. The van der Waals surface area contributed by atoms with E-state index in [0.717, 1.165) is 0 Å². The lowest BCUT2D eigenvalue weighted by atomic mass is 9.92. The Hall–Kier alpha value is -1.92. The van der Waals surface area contributed by atoms with Crippen molar-refractivity contribution in [2.24, 2.45) is 11.8 Å². The Kier molecular flexibility index (Phi) is 5.32. The molecule has 0 radical (unpaired) electrons. The maximum absolute atomic E-state index is 12.7. The van der Waals surface area contributed by atoms with Crippen molar-refractivity contribution in [2.45, 2.75) is 51.6 Å². The summed E-state index contributed by atoms with van der Waals surface area (Å²) in [6.45, 7) is 10.4. The number of allylic oxidation sites excluding steroid dienone is 1. The average molecular weight is 311 g/mol. The number of carbonyl (C=O) groups excluding carboxylic acids is 2. The SMILES string of the molecule is C=CC1CC(NC(C)=O)(C(=O)NC(C)(C)C)CC1C[N+](=O)[O-]. The molecule has 7 nitrogen and oxygen atoms in total. The first-order chi connectivity index (χ1) is 9.99. The second-order valence-corrected chi connectivity index (χ2v) is 7.05. The minimum atomic E-state index is -1.11. The van der Waals surface area contributed by atoms with Crippen molar-refractivity contribution in [3.8, 4) is 0 Å². The second-order valence-electron chi connectivity index (χ2n) is 7.05. The fourth-order valence-corrected chi connectivity index (χ4v) is 3.06. The zero-order valence-corrected chi connectivity index (χ0v) is 13.6. The predicted octanol–water partition coefficient (Wildman–Crippen LogP) is 1.26. The van der Waals surface area contributed by atoms with E-state index < -0.39 is 11.1 Å². The molecular formula is C15H25N3O4. The van der Waals surface area contributed by atoms with E-state index in [0.29, 0.717) is 6.42 Å². The Balaban J connectivity index is 3.07. The minimum absolute atomic E-state index is 0.178. The van der Waals surface area contributed by atoms with E-state index in [1.165, 1.54) is 6.92 Å². The smallest absolute Gasteiger partial charge is 0.246 e. The third-order valence-corrected chi connectivity index (χ3v) is 3.83. The largest absolute Gasteiger partial charge is 0.349 e. The van der Waals surface area contributed by atoms with E-state index >= 15 is 0 Å². The highest BCUT2D eigenvalue weighted by Gasteiger charge is 2.51. The van der Waals surface area contributed by atoms with Crippen LogP contribution in [0.25, 0.3) is 0 Å². The number of nitro groups is 1. The van der Waals surface area contributed by atoms with E-state index in [9.17, 15) is 19.7 Å². The monoisotopic (exact) mass is 311 g/mol. The maximum Gasteiger partial charge on any atom is 0.246 e. The quantitative estimate of drug-likeness (QED) is 0.453. The molecule has 3 unspecified atom stereocenters. The van der Waals surface area contributed by atoms with Gasteiger partial charge in [0.05, 0.1) is 0 Å². The van der Waals surface area contributed by atoms with E-state index in [-0.39, 0.29) is 41.5 Å². The van der Waals surface area contributed by atoms with Crippen LogP contribution >= 0.6 is 0 Å². The highest BCUT2D eigenvalue weighted by molar-refractivity contribution is 5.91. The third-order valence-electron chi connectivity index (χ3n) is 3.83. The van der Waals surface area contributed by atoms with Crippen LogP contribution in [0.15, 0.2) is 12.7 Å². The molecule has 0 aromatic carbocycles. The number of nitrogens with one attached hydrogen (secondary N) is 2. The first-order valence-corrected chi connectivity index (χ1v) is 7.35. The van der Waals surface area contributed by atoms with E-state index in [1.807, 2.05) is 20.8 Å². The Morgan fingerprint density at radius 3 is 2.41 bits per heavy atom. The molecule has 2 N–H and O–H groups in total. The van der Waals surface area contributed by atoms with Gasteiger partial charge in [-0.1, -0.05) is 6.08 Å². The van der Waals surface area contributed by atoms with Gasteiger partial charge in [0.2, 0.25) is 18.4 Å². The van der Waals surface area contributed by atoms with Crippen LogP contribution in [-0.4, -0.2) is 34.4 Å². The number of hydrogen-bond donors (Lipinski definition) is 2. The van der Waals surface area contributed by atoms with Crippen molar-refractivity contribution in [3.05, 3.63) is 22.8 Å². The molecule has 1 rings (SSSR count). The molecule has 3 atom stereocenters. The van der Waals surface area contributed by atoms with Gasteiger partial charge in [0.15, 0.2) is 0 Å². The van der Waals surface area contributed by atoms with Gasteiger partial charge in [-0.2, -0.15) is 0 Å². The summed E-state index contributed by atoms with van der Waals surface area (Å²) >= 11 is 0. The van der Waals surface area contributed by atoms with Crippen molar-refractivity contribution < 1.29 is 14.5 Å². The minimum Gasteiger partial charge on any atom is -0.349 e. The van der Waals surface area contributed by atoms with Crippen molar-refractivity contribution >= 4 is 11.8 Å². The molecule has 0 aliphatic heterocycles. The molecule has 7 heteroatoms. The summed E-state index contributed by atoms with van der Waals surface area (Å²) in [5, 5.41) is 16.4. The Morgan fingerprint density at radius 2 is 2.00 bits per heavy atom. The van der Waals surface area contributed by atoms with E-state index in [2.05, 4.69) is 17.2 Å². The summed E-state index contributed by atoms with van der Waals surface area (Å²) in [4.78, 5) is 34.7. The maximum atomic E-state index is 12.7. The van der Waals surface area contributed by atoms with Gasteiger partial charge in [0, 0.05) is 23.3 Å². The molecule has 22 heavy (non-hydrogen) atoms. The highest BCUT2D eigenvalue weighted by Crippen LogP contribution is 2.40. The Morgan fingerprint density at radius 1 is 1.41 bits per heavy atom. The van der Waals surface area contributed by atoms with Crippen molar-refractivity contribution in [2.75, 3.05) is 6.54 Å². The molecule has 2 amide bonds. The topological polar surface area (TPSA) is 101 Å². The molecule has 124 valence electrons. The molecule has 1 saturated carbocycles. The molecule has 1 aliphatic carbocycles. The summed E-state index contributed by atoms with van der Waals surface area (Å²) in [7, 11) is 0. The zero-order valence-electron chi connectivity index (χ0n) is 13.6. The molecule has 0 saturated heterocycles. The standard InChI is InChI=1S/C15H25N3O4/c1-6-11-7-15(16-10(2)19,8-12(11)9-18(21)22)13(20)17-14(3,4)5/h6,11-12H,1,7-9H2,2-5H3,(H,16,19)(H,17,20). The number of rotatable bonds is 5. The molecule has 0 aromatic rings. The summed E-state index contributed by atoms with van der Waals surface area (Å²) < 4.78 is 0. The Bertz CT molecular complexity index is 484. The molecule has 0 bridgehead atoms. The van der Waals surface area contributed by atoms with Gasteiger partial charge in [-0.3, -0.25) is 19.7 Å². The van der Waals surface area contributed by atoms with Crippen LogP contribution in [-0.2, 0) is 9.59 Å². The lowest BCUT2D eigenvalue weighted by Crippen LogP contribution is -2.60. The third kappa shape index (κ3) is 4.54. The molecule has 0 aromatic heterocycles. The summed E-state index contributed by atoms with van der Waals surface area (Å²) in [6.07, 6.45) is 2.21. The summed E-state index contributed by atoms with van der Waals surface area (Å²) in [5.74, 6) is -1.12. The lowest BCUT2D eigenvalue weighted by molar-refractivity contribution is -0.489. The molecule has 1 fully saturated rings. The Labute approximate surface area is 130 Å². The zero-order chi connectivity index (χ0) is 17.1. The van der Waals surface area contributed by atoms with Gasteiger partial charge in [0.1, 0.15) is 5.54 Å². The lowest BCUT2D eigenvalue weighted by Gasteiger charge is -2.33. The number of nitrogens with zero attached hydrogens (tertiary/aromatic N) is 1. The van der Waals surface area contributed by atoms with Gasteiger partial charge >= 0.3 is 0 Å². The molecular weight excluding hydrogens is 286 g/mol. The fraction of sp³-hybridized carbons (Fsp3) is 0.733. The molecule has 0 heterocycles. The van der Waals surface area contributed by atoms with Gasteiger partial charge in [-0.05, 0) is 39.5 Å². The van der Waals surface area contributed by atoms with Crippen LogP contribution < -0.4 is 10.6 Å².